The molecule has 114 valence electrons. The molecule has 1 aromatic carbocycles. The van der Waals surface area contributed by atoms with Crippen molar-refractivity contribution in [3.05, 3.63) is 72.1 Å². The molecule has 0 atom stereocenters. The average molecular weight is 321 g/mol. The van der Waals surface area contributed by atoms with Crippen molar-refractivity contribution in [3.8, 4) is 11.6 Å². The normalized spacial score (nSPS) is 13.0. The highest BCUT2D eigenvalue weighted by atomic mass is 32.2. The van der Waals surface area contributed by atoms with Gasteiger partial charge in [-0.25, -0.2) is 0 Å². The molecule has 1 aliphatic heterocycles. The second-order valence-electron chi connectivity index (χ2n) is 5.37. The summed E-state index contributed by atoms with van der Waals surface area (Å²) in [7, 11) is 0. The molecule has 3 heterocycles. The molecule has 5 heteroatoms. The first kappa shape index (κ1) is 14.1. The first-order valence-electron chi connectivity index (χ1n) is 7.38. The predicted octanol–water partition coefficient (Wildman–Crippen LogP) is 4.60. The van der Waals surface area contributed by atoms with Gasteiger partial charge < -0.3 is 4.74 Å². The molecule has 23 heavy (non-hydrogen) atoms. The van der Waals surface area contributed by atoms with Crippen LogP contribution in [0.1, 0.15) is 11.1 Å². The molecule has 1 aliphatic rings. The topological polar surface area (TPSA) is 38.3 Å². The summed E-state index contributed by atoms with van der Waals surface area (Å²) in [6.45, 7) is 2.90. The molecular formula is C18H15N3OS. The van der Waals surface area contributed by atoms with E-state index in [1.165, 1.54) is 10.5 Å². The van der Waals surface area contributed by atoms with E-state index in [0.717, 1.165) is 17.9 Å². The summed E-state index contributed by atoms with van der Waals surface area (Å²) in [5.74, 6) is 2.18. The summed E-state index contributed by atoms with van der Waals surface area (Å²) in [5.41, 5.74) is 2.45. The molecule has 2 aromatic heterocycles. The van der Waals surface area contributed by atoms with Crippen LogP contribution in [0.15, 0.2) is 65.8 Å². The van der Waals surface area contributed by atoms with Gasteiger partial charge in [-0.05, 0) is 54.3 Å². The third kappa shape index (κ3) is 3.00. The predicted molar refractivity (Wildman–Crippen MR) is 91.8 cm³/mol. The van der Waals surface area contributed by atoms with Crippen LogP contribution in [0.5, 0.6) is 11.6 Å². The second-order valence-corrected chi connectivity index (χ2v) is 6.43. The minimum absolute atomic E-state index is 0.588. The number of pyridine rings is 2. The zero-order valence-electron chi connectivity index (χ0n) is 12.6. The summed E-state index contributed by atoms with van der Waals surface area (Å²) in [5, 5.41) is 0. The highest BCUT2D eigenvalue weighted by Gasteiger charge is 2.21. The van der Waals surface area contributed by atoms with Crippen molar-refractivity contribution in [2.24, 2.45) is 0 Å². The molecule has 0 bridgehead atoms. The summed E-state index contributed by atoms with van der Waals surface area (Å²) in [6.07, 6.45) is 3.41. The van der Waals surface area contributed by atoms with Gasteiger partial charge in [0.1, 0.15) is 11.6 Å². The molecule has 0 saturated carbocycles. The van der Waals surface area contributed by atoms with Crippen LogP contribution in [0.25, 0.3) is 0 Å². The van der Waals surface area contributed by atoms with E-state index < -0.39 is 0 Å². The SMILES string of the molecule is Cc1cc(Oc2cccnc2)nc(N2Cc3ccccc3S2)c1. The van der Waals surface area contributed by atoms with Crippen LogP contribution in [0, 0.1) is 6.92 Å². The van der Waals surface area contributed by atoms with Gasteiger partial charge in [0.15, 0.2) is 0 Å². The van der Waals surface area contributed by atoms with Gasteiger partial charge in [-0.3, -0.25) is 9.29 Å². The lowest BCUT2D eigenvalue weighted by molar-refractivity contribution is 0.460. The average Bonchev–Trinajstić information content (AvgIpc) is 2.99. The van der Waals surface area contributed by atoms with Crippen LogP contribution in [0.2, 0.25) is 0 Å². The molecule has 0 aliphatic carbocycles. The number of nitrogens with zero attached hydrogens (tertiary/aromatic N) is 3. The Balaban J connectivity index is 1.61. The van der Waals surface area contributed by atoms with Gasteiger partial charge in [0.05, 0.1) is 12.7 Å². The van der Waals surface area contributed by atoms with Crippen molar-refractivity contribution in [2.45, 2.75) is 18.4 Å². The van der Waals surface area contributed by atoms with E-state index in [-0.39, 0.29) is 0 Å². The number of ether oxygens (including phenoxy) is 1. The quantitative estimate of drug-likeness (QED) is 0.659. The van der Waals surface area contributed by atoms with Gasteiger partial charge in [-0.2, -0.15) is 4.98 Å². The molecule has 0 spiro atoms. The van der Waals surface area contributed by atoms with E-state index in [9.17, 15) is 0 Å². The highest BCUT2D eigenvalue weighted by molar-refractivity contribution is 8.01. The molecule has 0 saturated heterocycles. The molecule has 0 N–H and O–H groups in total. The zero-order valence-corrected chi connectivity index (χ0v) is 13.5. The first-order valence-corrected chi connectivity index (χ1v) is 8.15. The van der Waals surface area contributed by atoms with E-state index >= 15 is 0 Å². The molecule has 0 unspecified atom stereocenters. The van der Waals surface area contributed by atoms with Crippen LogP contribution in [0.4, 0.5) is 5.82 Å². The van der Waals surface area contributed by atoms with Crippen molar-refractivity contribution in [3.63, 3.8) is 0 Å². The monoisotopic (exact) mass is 321 g/mol. The maximum atomic E-state index is 5.83. The van der Waals surface area contributed by atoms with Gasteiger partial charge in [-0.1, -0.05) is 18.2 Å². The number of aryl methyl sites for hydroxylation is 1. The summed E-state index contributed by atoms with van der Waals surface area (Å²) < 4.78 is 8.02. The van der Waals surface area contributed by atoms with Gasteiger partial charge in [0, 0.05) is 17.2 Å². The Kier molecular flexibility index (Phi) is 3.63. The summed E-state index contributed by atoms with van der Waals surface area (Å²) in [6, 6.07) is 16.2. The van der Waals surface area contributed by atoms with E-state index in [2.05, 4.69) is 51.5 Å². The fraction of sp³-hybridized carbons (Fsp3) is 0.111. The fourth-order valence-electron chi connectivity index (χ4n) is 2.48. The van der Waals surface area contributed by atoms with Gasteiger partial charge >= 0.3 is 0 Å². The molecule has 0 amide bonds. The Hall–Kier alpha value is -2.53. The lowest BCUT2D eigenvalue weighted by Crippen LogP contribution is -2.09. The number of aromatic nitrogens is 2. The minimum atomic E-state index is 0.588. The van der Waals surface area contributed by atoms with Gasteiger partial charge in [0.2, 0.25) is 5.88 Å². The maximum absolute atomic E-state index is 5.83. The smallest absolute Gasteiger partial charge is 0.221 e. The van der Waals surface area contributed by atoms with E-state index in [0.29, 0.717) is 11.6 Å². The fourth-order valence-corrected chi connectivity index (χ4v) is 3.50. The maximum Gasteiger partial charge on any atom is 0.221 e. The standard InChI is InChI=1S/C18H15N3OS/c1-13-9-17(21-12-14-5-2-3-7-16(14)23-21)20-18(10-13)22-15-6-4-8-19-11-15/h2-11H,12H2,1H3. The van der Waals surface area contributed by atoms with Crippen molar-refractivity contribution >= 4 is 17.8 Å². The third-order valence-corrected chi connectivity index (χ3v) is 4.67. The molecule has 0 radical (unpaired) electrons. The Bertz CT molecular complexity index is 814. The number of fused-ring (bicyclic) bond motifs is 1. The van der Waals surface area contributed by atoms with E-state index in [4.69, 9.17) is 4.74 Å². The van der Waals surface area contributed by atoms with E-state index in [1.54, 1.807) is 24.3 Å². The summed E-state index contributed by atoms with van der Waals surface area (Å²) >= 11 is 1.72. The van der Waals surface area contributed by atoms with Gasteiger partial charge in [0.25, 0.3) is 0 Å². The number of hydrogen-bond donors (Lipinski definition) is 0. The largest absolute Gasteiger partial charge is 0.437 e. The number of benzene rings is 1. The number of hydrogen-bond acceptors (Lipinski definition) is 5. The highest BCUT2D eigenvalue weighted by Crippen LogP contribution is 2.39. The van der Waals surface area contributed by atoms with Crippen molar-refractivity contribution in [1.82, 2.24) is 9.97 Å². The van der Waals surface area contributed by atoms with Crippen LogP contribution in [0.3, 0.4) is 0 Å². The van der Waals surface area contributed by atoms with Crippen molar-refractivity contribution in [1.29, 1.82) is 0 Å². The van der Waals surface area contributed by atoms with Gasteiger partial charge in [-0.15, -0.1) is 0 Å². The minimum Gasteiger partial charge on any atom is -0.437 e. The Morgan fingerprint density at radius 1 is 1.13 bits per heavy atom. The molecule has 4 rings (SSSR count). The molecule has 0 fully saturated rings. The lowest BCUT2D eigenvalue weighted by Gasteiger charge is -2.16. The van der Waals surface area contributed by atoms with E-state index in [1.807, 2.05) is 18.2 Å². The lowest BCUT2D eigenvalue weighted by atomic mass is 10.2. The van der Waals surface area contributed by atoms with Crippen LogP contribution in [-0.2, 0) is 6.54 Å². The summed E-state index contributed by atoms with van der Waals surface area (Å²) in [4.78, 5) is 9.99. The van der Waals surface area contributed by atoms with Crippen LogP contribution in [-0.4, -0.2) is 9.97 Å². The van der Waals surface area contributed by atoms with Crippen LogP contribution >= 0.6 is 11.9 Å². The molecular weight excluding hydrogens is 306 g/mol. The number of anilines is 1. The molecule has 3 aromatic rings. The third-order valence-electron chi connectivity index (χ3n) is 3.54. The van der Waals surface area contributed by atoms with Crippen molar-refractivity contribution in [2.75, 3.05) is 4.31 Å². The second kappa shape index (κ2) is 5.93. The molecule has 4 nitrogen and oxygen atoms in total. The van der Waals surface area contributed by atoms with Crippen LogP contribution < -0.4 is 9.04 Å². The number of rotatable bonds is 3. The zero-order chi connectivity index (χ0) is 15.6. The van der Waals surface area contributed by atoms with Crippen molar-refractivity contribution < 1.29 is 4.74 Å². The Morgan fingerprint density at radius 2 is 2.04 bits per heavy atom. The first-order chi connectivity index (χ1) is 11.3. The Morgan fingerprint density at radius 3 is 2.87 bits per heavy atom. The Labute approximate surface area is 139 Å².